The van der Waals surface area contributed by atoms with E-state index in [0.717, 1.165) is 0 Å². The molecule has 3 N–H and O–H groups in total. The van der Waals surface area contributed by atoms with E-state index in [1.807, 2.05) is 0 Å². The van der Waals surface area contributed by atoms with Crippen molar-refractivity contribution in [1.82, 2.24) is 14.4 Å². The highest BCUT2D eigenvalue weighted by Gasteiger charge is 2.19. The van der Waals surface area contributed by atoms with Crippen LogP contribution < -0.4 is 20.7 Å². The molecule has 3 aromatic heterocycles. The van der Waals surface area contributed by atoms with Crippen molar-refractivity contribution in [3.63, 3.8) is 0 Å². The van der Waals surface area contributed by atoms with E-state index in [2.05, 4.69) is 20.0 Å². The number of carbonyl (C=O) groups excluding carboxylic acids is 2. The number of carbonyl (C=O) groups is 2. The molecule has 0 aliphatic rings. The number of nitrogens with one attached hydrogen (secondary N) is 1. The van der Waals surface area contributed by atoms with Crippen molar-refractivity contribution < 1.29 is 23.5 Å². The molecule has 0 atom stereocenters. The summed E-state index contributed by atoms with van der Waals surface area (Å²) in [6.45, 7) is 0. The van der Waals surface area contributed by atoms with Gasteiger partial charge < -0.3 is 20.1 Å². The van der Waals surface area contributed by atoms with Crippen LogP contribution in [0.1, 0.15) is 10.4 Å². The molecule has 174 valence electrons. The molecular weight excluding hydrogens is 443 g/mol. The van der Waals surface area contributed by atoms with E-state index in [1.54, 1.807) is 42.2 Å². The van der Waals surface area contributed by atoms with Gasteiger partial charge in [0.2, 0.25) is 0 Å². The Kier molecular flexibility index (Phi) is 6.00. The van der Waals surface area contributed by atoms with E-state index < -0.39 is 11.9 Å². The fourth-order valence-corrected chi connectivity index (χ4v) is 3.39. The van der Waals surface area contributed by atoms with Gasteiger partial charge in [0, 0.05) is 36.8 Å². The number of anilines is 3. The summed E-state index contributed by atoms with van der Waals surface area (Å²) in [4.78, 5) is 34.5. The zero-order valence-electron chi connectivity index (χ0n) is 18.6. The predicted octanol–water partition coefficient (Wildman–Crippen LogP) is 3.58. The van der Waals surface area contributed by atoms with Crippen LogP contribution in [0.5, 0.6) is 5.75 Å². The Labute approximate surface area is 193 Å². The van der Waals surface area contributed by atoms with Crippen LogP contribution in [0.4, 0.5) is 26.4 Å². The normalized spacial score (nSPS) is 10.7. The highest BCUT2D eigenvalue weighted by atomic mass is 19.1. The van der Waals surface area contributed by atoms with Crippen molar-refractivity contribution in [2.45, 2.75) is 0 Å². The summed E-state index contributed by atoms with van der Waals surface area (Å²) in [5.74, 6) is -0.544. The maximum absolute atomic E-state index is 13.8. The number of halogens is 1. The first-order chi connectivity index (χ1) is 16.3. The number of nitrogens with two attached hydrogens (primary N) is 1. The summed E-state index contributed by atoms with van der Waals surface area (Å²) in [5.41, 5.74) is 9.03. The molecule has 11 heteroatoms. The van der Waals surface area contributed by atoms with Gasteiger partial charge in [0.1, 0.15) is 5.82 Å². The van der Waals surface area contributed by atoms with Gasteiger partial charge in [0.15, 0.2) is 17.2 Å². The van der Waals surface area contributed by atoms with Crippen LogP contribution in [0.25, 0.3) is 16.9 Å². The highest BCUT2D eigenvalue weighted by Crippen LogP contribution is 2.28. The summed E-state index contributed by atoms with van der Waals surface area (Å²) in [5, 5.41) is 2.48. The third-order valence-corrected chi connectivity index (χ3v) is 5.18. The van der Waals surface area contributed by atoms with E-state index in [-0.39, 0.29) is 11.7 Å². The van der Waals surface area contributed by atoms with E-state index in [0.29, 0.717) is 39.7 Å². The van der Waals surface area contributed by atoms with Crippen LogP contribution in [0.2, 0.25) is 0 Å². The van der Waals surface area contributed by atoms with Crippen molar-refractivity contribution >= 4 is 34.8 Å². The van der Waals surface area contributed by atoms with Crippen molar-refractivity contribution in [3.05, 3.63) is 66.4 Å². The summed E-state index contributed by atoms with van der Waals surface area (Å²) in [6.07, 6.45) is 4.15. The van der Waals surface area contributed by atoms with Gasteiger partial charge in [-0.1, -0.05) is 0 Å². The number of pyridine rings is 2. The molecule has 4 rings (SSSR count). The van der Waals surface area contributed by atoms with E-state index in [9.17, 15) is 14.0 Å². The molecule has 0 saturated carbocycles. The average Bonchev–Trinajstić information content (AvgIpc) is 3.28. The lowest BCUT2D eigenvalue weighted by atomic mass is 10.2. The molecule has 0 radical (unpaired) electrons. The number of benzene rings is 1. The standard InChI is InChI=1S/C23H21FN6O4/c1-29(15-5-6-16(24)19(9-15)33-2)22(31)14-8-17(25)21-27-11-18(30(21)12-14)13-4-7-20(26-10-13)28-23(32)34-3/h4-12H,25H2,1-3H3,(H,26,28,32). The zero-order chi connectivity index (χ0) is 24.4. The van der Waals surface area contributed by atoms with Crippen molar-refractivity contribution in [1.29, 1.82) is 0 Å². The average molecular weight is 464 g/mol. The van der Waals surface area contributed by atoms with Gasteiger partial charge in [-0.3, -0.25) is 14.5 Å². The number of hydrogen-bond acceptors (Lipinski definition) is 7. The molecule has 0 bridgehead atoms. The molecule has 0 fully saturated rings. The highest BCUT2D eigenvalue weighted by molar-refractivity contribution is 6.06. The first-order valence-corrected chi connectivity index (χ1v) is 10.0. The molecular formula is C23H21FN6O4. The number of amides is 2. The number of rotatable bonds is 5. The number of nitrogens with zero attached hydrogens (tertiary/aromatic N) is 4. The van der Waals surface area contributed by atoms with Gasteiger partial charge in [-0.2, -0.15) is 0 Å². The van der Waals surface area contributed by atoms with E-state index >= 15 is 0 Å². The van der Waals surface area contributed by atoms with Gasteiger partial charge >= 0.3 is 6.09 Å². The van der Waals surface area contributed by atoms with Gasteiger partial charge in [0.25, 0.3) is 5.91 Å². The van der Waals surface area contributed by atoms with Crippen LogP contribution in [-0.2, 0) is 4.74 Å². The van der Waals surface area contributed by atoms with Crippen LogP contribution >= 0.6 is 0 Å². The van der Waals surface area contributed by atoms with Crippen LogP contribution in [0.15, 0.2) is 55.0 Å². The molecule has 3 heterocycles. The lowest BCUT2D eigenvalue weighted by Crippen LogP contribution is -2.26. The second-order valence-corrected chi connectivity index (χ2v) is 7.25. The second-order valence-electron chi connectivity index (χ2n) is 7.25. The maximum atomic E-state index is 13.8. The van der Waals surface area contributed by atoms with Crippen molar-refractivity contribution in [2.24, 2.45) is 0 Å². The Morgan fingerprint density at radius 1 is 1.12 bits per heavy atom. The topological polar surface area (TPSA) is 124 Å². The molecule has 0 aliphatic heterocycles. The number of nitrogen functional groups attached to an aromatic ring is 1. The number of methoxy groups -OCH3 is 2. The minimum Gasteiger partial charge on any atom is -0.494 e. The molecule has 34 heavy (non-hydrogen) atoms. The van der Waals surface area contributed by atoms with Crippen molar-refractivity contribution in [2.75, 3.05) is 37.2 Å². The molecule has 1 aromatic carbocycles. The Bertz CT molecular complexity index is 1390. The fraction of sp³-hybridized carbons (Fsp3) is 0.130. The minimum absolute atomic E-state index is 0.0293. The lowest BCUT2D eigenvalue weighted by Gasteiger charge is -2.19. The van der Waals surface area contributed by atoms with Gasteiger partial charge in [0.05, 0.1) is 37.4 Å². The summed E-state index contributed by atoms with van der Waals surface area (Å²) < 4.78 is 25.0. The zero-order valence-corrected chi connectivity index (χ0v) is 18.6. The maximum Gasteiger partial charge on any atom is 0.412 e. The SMILES string of the molecule is COC(=O)Nc1ccc(-c2cnc3c(N)cc(C(=O)N(C)c4ccc(F)c(OC)c4)cn23)cn1. The first-order valence-electron chi connectivity index (χ1n) is 10.0. The third kappa shape index (κ3) is 4.18. The molecule has 0 spiro atoms. The quantitative estimate of drug-likeness (QED) is 0.463. The molecule has 0 saturated heterocycles. The smallest absolute Gasteiger partial charge is 0.412 e. The number of imidazole rings is 1. The minimum atomic E-state index is -0.631. The predicted molar refractivity (Wildman–Crippen MR) is 125 cm³/mol. The molecule has 0 unspecified atom stereocenters. The Morgan fingerprint density at radius 3 is 2.59 bits per heavy atom. The number of aromatic nitrogens is 3. The summed E-state index contributed by atoms with van der Waals surface area (Å²) in [7, 11) is 4.18. The number of ether oxygens (including phenoxy) is 2. The van der Waals surface area contributed by atoms with Crippen LogP contribution in [0.3, 0.4) is 0 Å². The van der Waals surface area contributed by atoms with Gasteiger partial charge in [-0.05, 0) is 30.3 Å². The van der Waals surface area contributed by atoms with Crippen LogP contribution in [-0.4, -0.2) is 47.6 Å². The summed E-state index contributed by atoms with van der Waals surface area (Å²) >= 11 is 0. The number of hydrogen-bond donors (Lipinski definition) is 2. The molecule has 10 nitrogen and oxygen atoms in total. The van der Waals surface area contributed by atoms with Crippen molar-refractivity contribution in [3.8, 4) is 17.0 Å². The monoisotopic (exact) mass is 464 g/mol. The van der Waals surface area contributed by atoms with E-state index in [4.69, 9.17) is 10.5 Å². The van der Waals surface area contributed by atoms with Gasteiger partial charge in [-0.15, -0.1) is 0 Å². The van der Waals surface area contributed by atoms with E-state index in [1.165, 1.54) is 43.4 Å². The van der Waals surface area contributed by atoms with Crippen LogP contribution in [0, 0.1) is 5.82 Å². The molecule has 4 aromatic rings. The molecule has 2 amide bonds. The second kappa shape index (κ2) is 9.06. The molecule has 0 aliphatic carbocycles. The Balaban J connectivity index is 1.69. The summed E-state index contributed by atoms with van der Waals surface area (Å²) in [6, 6.07) is 9.04. The number of fused-ring (bicyclic) bond motifs is 1. The largest absolute Gasteiger partial charge is 0.494 e. The third-order valence-electron chi connectivity index (χ3n) is 5.18. The van der Waals surface area contributed by atoms with Gasteiger partial charge in [-0.25, -0.2) is 19.2 Å². The Morgan fingerprint density at radius 2 is 1.91 bits per heavy atom. The first kappa shape index (κ1) is 22.5. The Hall–Kier alpha value is -4.67. The fourth-order valence-electron chi connectivity index (χ4n) is 3.39. The lowest BCUT2D eigenvalue weighted by molar-refractivity contribution is 0.0992.